The van der Waals surface area contributed by atoms with Crippen LogP contribution < -0.4 is 4.74 Å². The van der Waals surface area contributed by atoms with Crippen molar-refractivity contribution < 1.29 is 27.4 Å². The predicted molar refractivity (Wildman–Crippen MR) is 133 cm³/mol. The molecule has 1 amide bonds. The van der Waals surface area contributed by atoms with Crippen LogP contribution in [0.2, 0.25) is 0 Å². The van der Waals surface area contributed by atoms with Gasteiger partial charge >= 0.3 is 12.5 Å². The largest absolute Gasteiger partial charge is 0.573 e. The van der Waals surface area contributed by atoms with Crippen molar-refractivity contribution in [2.24, 2.45) is 0 Å². The Morgan fingerprint density at radius 2 is 1.54 bits per heavy atom. The molecule has 4 nitrogen and oxygen atoms in total. The Morgan fingerprint density at radius 3 is 2.16 bits per heavy atom. The summed E-state index contributed by atoms with van der Waals surface area (Å²) in [6, 6.07) is 22.6. The quantitative estimate of drug-likeness (QED) is 0.343. The third-order valence-corrected chi connectivity index (χ3v) is 7.61. The molecule has 7 heteroatoms. The summed E-state index contributed by atoms with van der Waals surface area (Å²) in [4.78, 5) is 15.1. The molecule has 190 valence electrons. The summed E-state index contributed by atoms with van der Waals surface area (Å²) in [6.07, 6.45) is 0.321. The first-order valence-corrected chi connectivity index (χ1v) is 12.5. The van der Waals surface area contributed by atoms with Gasteiger partial charge in [0.25, 0.3) is 0 Å². The lowest BCUT2D eigenvalue weighted by atomic mass is 9.95. The average Bonchev–Trinajstić information content (AvgIpc) is 3.34. The van der Waals surface area contributed by atoms with Gasteiger partial charge in [-0.25, -0.2) is 4.79 Å². The van der Waals surface area contributed by atoms with Crippen LogP contribution in [0.25, 0.3) is 11.1 Å². The smallest absolute Gasteiger partial charge is 0.448 e. The number of alkyl halides is 3. The molecular weight excluding hydrogens is 479 g/mol. The van der Waals surface area contributed by atoms with Gasteiger partial charge in [-0.3, -0.25) is 4.90 Å². The van der Waals surface area contributed by atoms with Crippen LogP contribution in [-0.2, 0) is 11.2 Å². The maximum atomic E-state index is 13.2. The van der Waals surface area contributed by atoms with Gasteiger partial charge in [-0.05, 0) is 65.6 Å². The summed E-state index contributed by atoms with van der Waals surface area (Å²) in [5, 5.41) is 0. The third kappa shape index (κ3) is 4.70. The van der Waals surface area contributed by atoms with Crippen LogP contribution in [0.3, 0.4) is 0 Å². The van der Waals surface area contributed by atoms with Crippen LogP contribution in [0.5, 0.6) is 5.75 Å². The van der Waals surface area contributed by atoms with E-state index in [0.29, 0.717) is 13.0 Å². The van der Waals surface area contributed by atoms with Crippen LogP contribution >= 0.6 is 0 Å². The zero-order chi connectivity index (χ0) is 25.6. The number of halogens is 3. The molecule has 37 heavy (non-hydrogen) atoms. The maximum Gasteiger partial charge on any atom is 0.573 e. The molecule has 3 aliphatic rings. The highest BCUT2D eigenvalue weighted by Crippen LogP contribution is 2.45. The van der Waals surface area contributed by atoms with Gasteiger partial charge in [0.05, 0.1) is 6.04 Å². The summed E-state index contributed by atoms with van der Waals surface area (Å²) in [7, 11) is 0. The second-order valence-electron chi connectivity index (χ2n) is 9.91. The molecule has 0 spiro atoms. The van der Waals surface area contributed by atoms with E-state index in [1.54, 1.807) is 12.1 Å². The Hall–Kier alpha value is -3.74. The summed E-state index contributed by atoms with van der Waals surface area (Å²) in [5.41, 5.74) is 6.87. The van der Waals surface area contributed by atoms with E-state index in [0.717, 1.165) is 24.8 Å². The first-order valence-electron chi connectivity index (χ1n) is 12.5. The van der Waals surface area contributed by atoms with Crippen LogP contribution in [0.15, 0.2) is 84.4 Å². The van der Waals surface area contributed by atoms with E-state index in [-0.39, 0.29) is 29.8 Å². The van der Waals surface area contributed by atoms with Crippen molar-refractivity contribution in [3.05, 3.63) is 101 Å². The topological polar surface area (TPSA) is 38.8 Å². The third-order valence-electron chi connectivity index (χ3n) is 7.61. The minimum Gasteiger partial charge on any atom is -0.448 e. The zero-order valence-corrected chi connectivity index (χ0v) is 20.1. The van der Waals surface area contributed by atoms with Crippen LogP contribution in [0, 0.1) is 0 Å². The Balaban J connectivity index is 1.11. The normalized spacial score (nSPS) is 20.3. The first-order chi connectivity index (χ1) is 17.9. The second kappa shape index (κ2) is 9.29. The van der Waals surface area contributed by atoms with E-state index in [2.05, 4.69) is 35.1 Å². The number of hydrogen-bond acceptors (Lipinski definition) is 3. The maximum absolute atomic E-state index is 13.2. The lowest BCUT2D eigenvalue weighted by Gasteiger charge is -2.33. The van der Waals surface area contributed by atoms with Crippen LogP contribution in [0.4, 0.5) is 18.0 Å². The number of carbonyl (C=O) groups excluding carboxylic acids is 1. The summed E-state index contributed by atoms with van der Waals surface area (Å²) < 4.78 is 47.1. The number of ether oxygens (including phenoxy) is 2. The van der Waals surface area contributed by atoms with Gasteiger partial charge < -0.3 is 9.47 Å². The van der Waals surface area contributed by atoms with Crippen LogP contribution in [-0.4, -0.2) is 36.0 Å². The lowest BCUT2D eigenvalue weighted by molar-refractivity contribution is -0.274. The number of hydrogen-bond donors (Lipinski definition) is 0. The molecule has 1 fully saturated rings. The molecule has 0 N–H and O–H groups in total. The van der Waals surface area contributed by atoms with E-state index in [1.165, 1.54) is 40.0 Å². The van der Waals surface area contributed by atoms with Crippen molar-refractivity contribution in [3.63, 3.8) is 0 Å². The van der Waals surface area contributed by atoms with E-state index in [9.17, 15) is 18.0 Å². The molecule has 1 aliphatic carbocycles. The van der Waals surface area contributed by atoms with Crippen molar-refractivity contribution in [1.29, 1.82) is 0 Å². The molecule has 2 atom stereocenters. The van der Waals surface area contributed by atoms with Crippen molar-refractivity contribution in [2.45, 2.75) is 50.0 Å². The van der Waals surface area contributed by atoms with E-state index in [1.807, 2.05) is 29.2 Å². The Kier molecular flexibility index (Phi) is 5.94. The van der Waals surface area contributed by atoms with Gasteiger partial charge in [-0.15, -0.1) is 13.2 Å². The van der Waals surface area contributed by atoms with Crippen LogP contribution in [0.1, 0.15) is 41.9 Å². The molecule has 3 aromatic carbocycles. The zero-order valence-electron chi connectivity index (χ0n) is 20.1. The van der Waals surface area contributed by atoms with Gasteiger partial charge in [0.15, 0.2) is 0 Å². The van der Waals surface area contributed by atoms with Gasteiger partial charge in [-0.1, -0.05) is 72.3 Å². The standard InChI is InChI=1S/C30H26F3NO3/c31-30(32,33)37-23-13-9-19(10-14-23)15-20-16-21-11-12-22(17-20)34(21)29(35)36-18-28-26-7-3-1-5-24(26)25-6-2-4-8-27(25)28/h1-10,13-14,16,21-22,28H,11-12,15,17-18H2. The minimum absolute atomic E-state index is 0.0164. The fraction of sp³-hybridized carbons (Fsp3) is 0.300. The second-order valence-corrected chi connectivity index (χ2v) is 9.91. The molecule has 3 aromatic rings. The fourth-order valence-corrected chi connectivity index (χ4v) is 6.07. The Labute approximate surface area is 213 Å². The number of rotatable bonds is 5. The van der Waals surface area contributed by atoms with E-state index < -0.39 is 6.36 Å². The number of nitrogens with zero attached hydrogens (tertiary/aromatic N) is 1. The summed E-state index contributed by atoms with van der Waals surface area (Å²) in [6.45, 7) is 0.297. The summed E-state index contributed by atoms with van der Waals surface area (Å²) in [5.74, 6) is -0.204. The monoisotopic (exact) mass is 505 g/mol. The molecule has 2 unspecified atom stereocenters. The first kappa shape index (κ1) is 23.6. The number of carbonyl (C=O) groups is 1. The molecule has 6 rings (SSSR count). The Morgan fingerprint density at radius 1 is 0.892 bits per heavy atom. The average molecular weight is 506 g/mol. The minimum atomic E-state index is -4.70. The van der Waals surface area contributed by atoms with E-state index in [4.69, 9.17) is 4.74 Å². The van der Waals surface area contributed by atoms with Gasteiger partial charge in [-0.2, -0.15) is 0 Å². The molecule has 2 bridgehead atoms. The van der Waals surface area contributed by atoms with Crippen molar-refractivity contribution in [1.82, 2.24) is 4.90 Å². The fourth-order valence-electron chi connectivity index (χ4n) is 6.07. The molecule has 0 radical (unpaired) electrons. The van der Waals surface area contributed by atoms with Gasteiger partial charge in [0, 0.05) is 12.0 Å². The SMILES string of the molecule is O=C(OCC1c2ccccc2-c2ccccc21)N1C2C=C(Cc3ccc(OC(F)(F)F)cc3)CC1CC2. The number of amides is 1. The van der Waals surface area contributed by atoms with E-state index >= 15 is 0 Å². The lowest BCUT2D eigenvalue weighted by Crippen LogP contribution is -2.44. The number of benzene rings is 3. The van der Waals surface area contributed by atoms with Crippen molar-refractivity contribution in [3.8, 4) is 16.9 Å². The van der Waals surface area contributed by atoms with Crippen molar-refractivity contribution >= 4 is 6.09 Å². The molecule has 0 saturated carbocycles. The van der Waals surface area contributed by atoms with Gasteiger partial charge in [0.2, 0.25) is 0 Å². The molecule has 0 aromatic heterocycles. The molecule has 1 saturated heterocycles. The predicted octanol–water partition coefficient (Wildman–Crippen LogP) is 7.24. The Bertz CT molecular complexity index is 1300. The molecule has 2 heterocycles. The molecule has 2 aliphatic heterocycles. The highest BCUT2D eigenvalue weighted by atomic mass is 19.4. The number of fused-ring (bicyclic) bond motifs is 5. The van der Waals surface area contributed by atoms with Gasteiger partial charge in [0.1, 0.15) is 12.4 Å². The molecular formula is C30H26F3NO3. The summed E-state index contributed by atoms with van der Waals surface area (Å²) >= 11 is 0. The van der Waals surface area contributed by atoms with Crippen molar-refractivity contribution in [2.75, 3.05) is 6.61 Å². The highest BCUT2D eigenvalue weighted by Gasteiger charge is 2.41. The highest BCUT2D eigenvalue weighted by molar-refractivity contribution is 5.79.